The molecule has 0 saturated carbocycles. The van der Waals surface area contributed by atoms with Gasteiger partial charge in [0.05, 0.1) is 25.4 Å². The molecule has 0 aliphatic heterocycles. The van der Waals surface area contributed by atoms with Crippen molar-refractivity contribution in [1.29, 1.82) is 0 Å². The first-order chi connectivity index (χ1) is 37.5. The van der Waals surface area contributed by atoms with Gasteiger partial charge in [-0.25, -0.2) is 0 Å². The highest BCUT2D eigenvalue weighted by Crippen LogP contribution is 2.20. The molecule has 2 atom stereocenters. The maximum atomic E-state index is 12.5. The quantitative estimate of drug-likeness (QED) is 0.0417. The van der Waals surface area contributed by atoms with E-state index in [0.29, 0.717) is 25.9 Å². The zero-order valence-corrected chi connectivity index (χ0v) is 52.0. The van der Waals surface area contributed by atoms with Gasteiger partial charge in [0.15, 0.2) is 0 Å². The summed E-state index contributed by atoms with van der Waals surface area (Å²) in [6.07, 6.45) is 80.2. The fourth-order valence-electron chi connectivity index (χ4n) is 11.5. The van der Waals surface area contributed by atoms with Crippen LogP contribution in [0.4, 0.5) is 0 Å². The first-order valence-corrected chi connectivity index (χ1v) is 35.3. The third-order valence-electron chi connectivity index (χ3n) is 16.9. The molecule has 0 bridgehead atoms. The van der Waals surface area contributed by atoms with Crippen LogP contribution in [0.5, 0.6) is 0 Å². The molecule has 0 spiro atoms. The highest BCUT2D eigenvalue weighted by molar-refractivity contribution is 5.76. The van der Waals surface area contributed by atoms with Crippen molar-refractivity contribution in [1.82, 2.24) is 5.32 Å². The maximum Gasteiger partial charge on any atom is 0.305 e. The van der Waals surface area contributed by atoms with Crippen molar-refractivity contribution in [3.63, 3.8) is 0 Å². The molecule has 76 heavy (non-hydrogen) atoms. The van der Waals surface area contributed by atoms with Crippen LogP contribution in [0.2, 0.25) is 0 Å². The third-order valence-corrected chi connectivity index (χ3v) is 16.9. The molecule has 0 fully saturated rings. The zero-order valence-electron chi connectivity index (χ0n) is 52.0. The van der Waals surface area contributed by atoms with Crippen LogP contribution in [-0.2, 0) is 14.3 Å². The van der Waals surface area contributed by atoms with Gasteiger partial charge < -0.3 is 20.3 Å². The van der Waals surface area contributed by atoms with Crippen LogP contribution in [0.3, 0.4) is 0 Å². The Hall–Kier alpha value is -1.14. The van der Waals surface area contributed by atoms with E-state index in [2.05, 4.69) is 19.2 Å². The molecule has 2 unspecified atom stereocenters. The summed E-state index contributed by atoms with van der Waals surface area (Å²) in [5, 5.41) is 23.4. The second-order valence-electron chi connectivity index (χ2n) is 24.6. The van der Waals surface area contributed by atoms with Gasteiger partial charge in [-0.05, 0) is 25.7 Å². The van der Waals surface area contributed by atoms with E-state index in [1.54, 1.807) is 0 Å². The largest absolute Gasteiger partial charge is 0.466 e. The van der Waals surface area contributed by atoms with Gasteiger partial charge in [-0.15, -0.1) is 0 Å². The number of unbranched alkanes of at least 4 members (excludes halogenated alkanes) is 56. The second kappa shape index (κ2) is 66.4. The van der Waals surface area contributed by atoms with Crippen LogP contribution in [0, 0.1) is 0 Å². The van der Waals surface area contributed by atoms with E-state index in [1.165, 1.54) is 340 Å². The third kappa shape index (κ3) is 62.1. The van der Waals surface area contributed by atoms with E-state index < -0.39 is 12.1 Å². The lowest BCUT2D eigenvalue weighted by Gasteiger charge is -2.22. The lowest BCUT2D eigenvalue weighted by atomic mass is 10.0. The fraction of sp³-hybridized carbons (Fsp3) is 0.971. The molecular weight excluding hydrogens is 935 g/mol. The van der Waals surface area contributed by atoms with Crippen molar-refractivity contribution < 1.29 is 24.5 Å². The van der Waals surface area contributed by atoms with Crippen molar-refractivity contribution >= 4 is 11.9 Å². The van der Waals surface area contributed by atoms with Crippen molar-refractivity contribution in [3.8, 4) is 0 Å². The molecule has 0 aromatic heterocycles. The van der Waals surface area contributed by atoms with Crippen molar-refractivity contribution in [2.24, 2.45) is 0 Å². The number of esters is 1. The highest BCUT2D eigenvalue weighted by atomic mass is 16.5. The molecule has 0 rings (SSSR count). The van der Waals surface area contributed by atoms with E-state index in [4.69, 9.17) is 4.74 Å². The summed E-state index contributed by atoms with van der Waals surface area (Å²) in [7, 11) is 0. The predicted molar refractivity (Wildman–Crippen MR) is 334 cm³/mol. The first kappa shape index (κ1) is 74.9. The number of carbonyl (C=O) groups is 2. The molecule has 0 aliphatic rings. The van der Waals surface area contributed by atoms with Gasteiger partial charge in [0.1, 0.15) is 0 Å². The molecule has 6 heteroatoms. The average molecular weight is 1070 g/mol. The van der Waals surface area contributed by atoms with Gasteiger partial charge in [0.2, 0.25) is 5.91 Å². The summed E-state index contributed by atoms with van der Waals surface area (Å²) >= 11 is 0. The Morgan fingerprint density at radius 1 is 0.316 bits per heavy atom. The van der Waals surface area contributed by atoms with Crippen LogP contribution in [0.15, 0.2) is 0 Å². The van der Waals surface area contributed by atoms with Gasteiger partial charge in [-0.3, -0.25) is 9.59 Å². The van der Waals surface area contributed by atoms with Crippen molar-refractivity contribution in [2.75, 3.05) is 13.2 Å². The molecule has 0 aromatic carbocycles. The Bertz CT molecular complexity index is 1100. The smallest absolute Gasteiger partial charge is 0.305 e. The number of carbonyl (C=O) groups excluding carboxylic acids is 2. The van der Waals surface area contributed by atoms with Crippen LogP contribution < -0.4 is 5.32 Å². The number of aliphatic hydroxyl groups excluding tert-OH is 2. The summed E-state index contributed by atoms with van der Waals surface area (Å²) in [4.78, 5) is 24.5. The monoisotopic (exact) mass is 1070 g/mol. The van der Waals surface area contributed by atoms with Crippen LogP contribution in [0.25, 0.3) is 0 Å². The number of hydrogen-bond donors (Lipinski definition) is 3. The zero-order chi connectivity index (χ0) is 55.0. The molecule has 0 heterocycles. The van der Waals surface area contributed by atoms with E-state index in [1.807, 2.05) is 0 Å². The SMILES string of the molecule is CCCCCCCCCCCCCCCCCCC(O)C(CO)NC(=O)CCCCCCCCCCCCCCCCCCCCCCCCCCCCCCCCCCOC(=O)CCCCCCCCCCCCC. The number of nitrogens with one attached hydrogen (secondary N) is 1. The van der Waals surface area contributed by atoms with Gasteiger partial charge in [-0.1, -0.05) is 373 Å². The minimum atomic E-state index is -0.660. The summed E-state index contributed by atoms with van der Waals surface area (Å²) in [5.41, 5.74) is 0. The molecule has 0 radical (unpaired) electrons. The number of ether oxygens (including phenoxy) is 1. The minimum Gasteiger partial charge on any atom is -0.466 e. The van der Waals surface area contributed by atoms with Gasteiger partial charge in [0, 0.05) is 12.8 Å². The average Bonchev–Trinajstić information content (AvgIpc) is 3.42. The molecule has 0 saturated heterocycles. The maximum absolute atomic E-state index is 12.5. The number of rotatable bonds is 67. The first-order valence-electron chi connectivity index (χ1n) is 35.3. The second-order valence-corrected chi connectivity index (χ2v) is 24.6. The van der Waals surface area contributed by atoms with Gasteiger partial charge in [-0.2, -0.15) is 0 Å². The Labute approximate surface area is 476 Å². The Morgan fingerprint density at radius 2 is 0.539 bits per heavy atom. The topological polar surface area (TPSA) is 95.9 Å². The summed E-state index contributed by atoms with van der Waals surface area (Å²) in [6.45, 7) is 4.99. The lowest BCUT2D eigenvalue weighted by Crippen LogP contribution is -2.45. The number of hydrogen-bond acceptors (Lipinski definition) is 5. The number of amides is 1. The van der Waals surface area contributed by atoms with Crippen LogP contribution in [-0.4, -0.2) is 47.4 Å². The van der Waals surface area contributed by atoms with Gasteiger partial charge in [0.25, 0.3) is 0 Å². The Balaban J connectivity index is 3.31. The van der Waals surface area contributed by atoms with Crippen LogP contribution in [0.1, 0.15) is 412 Å². The molecule has 0 aromatic rings. The van der Waals surface area contributed by atoms with Crippen LogP contribution >= 0.6 is 0 Å². The standard InChI is InChI=1S/C70H139NO5/c1-3-5-7-9-11-13-15-16-17-36-39-43-46-50-54-58-62-68(73)67(66-72)71-69(74)63-59-55-51-47-44-40-37-34-32-30-28-26-24-22-20-18-19-21-23-25-27-29-31-33-35-38-41-45-49-53-57-61-65-76-70(75)64-60-56-52-48-42-14-12-10-8-6-4-2/h67-68,72-73H,3-66H2,1-2H3,(H,71,74). The Kier molecular flexibility index (Phi) is 65.4. The molecule has 6 nitrogen and oxygen atoms in total. The van der Waals surface area contributed by atoms with E-state index in [0.717, 1.165) is 38.5 Å². The summed E-state index contributed by atoms with van der Waals surface area (Å²) < 4.78 is 5.48. The van der Waals surface area contributed by atoms with E-state index in [9.17, 15) is 19.8 Å². The Morgan fingerprint density at radius 3 is 0.803 bits per heavy atom. The fourth-order valence-corrected chi connectivity index (χ4v) is 11.5. The molecule has 0 aliphatic carbocycles. The lowest BCUT2D eigenvalue weighted by molar-refractivity contribution is -0.143. The van der Waals surface area contributed by atoms with Crippen molar-refractivity contribution in [2.45, 2.75) is 424 Å². The van der Waals surface area contributed by atoms with E-state index >= 15 is 0 Å². The molecule has 3 N–H and O–H groups in total. The minimum absolute atomic E-state index is 0.0219. The van der Waals surface area contributed by atoms with E-state index in [-0.39, 0.29) is 18.5 Å². The molecular formula is C70H139NO5. The predicted octanol–water partition coefficient (Wildman–Crippen LogP) is 22.6. The normalized spacial score (nSPS) is 12.4. The summed E-state index contributed by atoms with van der Waals surface area (Å²) in [5.74, 6) is -0.00437. The number of aliphatic hydroxyl groups is 2. The van der Waals surface area contributed by atoms with Gasteiger partial charge >= 0.3 is 5.97 Å². The summed E-state index contributed by atoms with van der Waals surface area (Å²) in [6, 6.07) is -0.537. The van der Waals surface area contributed by atoms with Crippen molar-refractivity contribution in [3.05, 3.63) is 0 Å². The highest BCUT2D eigenvalue weighted by Gasteiger charge is 2.20. The molecule has 454 valence electrons. The molecule has 1 amide bonds.